The lowest BCUT2D eigenvalue weighted by Gasteiger charge is -2.20. The van der Waals surface area contributed by atoms with Crippen molar-refractivity contribution in [2.45, 2.75) is 13.8 Å². The van der Waals surface area contributed by atoms with Gasteiger partial charge in [-0.05, 0) is 43.7 Å². The van der Waals surface area contributed by atoms with Crippen LogP contribution in [-0.2, 0) is 0 Å². The molecule has 0 aliphatic heterocycles. The zero-order chi connectivity index (χ0) is 14.9. The highest BCUT2D eigenvalue weighted by Crippen LogP contribution is 2.23. The van der Waals surface area contributed by atoms with Gasteiger partial charge in [0.15, 0.2) is 0 Å². The molecule has 0 aliphatic carbocycles. The number of nitrogens with two attached hydrogens (primary N) is 1. The monoisotopic (exact) mass is 272 g/mol. The lowest BCUT2D eigenvalue weighted by atomic mass is 10.1. The summed E-state index contributed by atoms with van der Waals surface area (Å²) in [7, 11) is 1.66. The summed E-state index contributed by atoms with van der Waals surface area (Å²) < 4.78 is 13.3. The van der Waals surface area contributed by atoms with E-state index in [0.29, 0.717) is 0 Å². The van der Waals surface area contributed by atoms with Crippen LogP contribution in [0.5, 0.6) is 0 Å². The minimum Gasteiger partial charge on any atom is -0.398 e. The van der Waals surface area contributed by atoms with E-state index in [0.717, 1.165) is 22.9 Å². The van der Waals surface area contributed by atoms with Crippen LogP contribution in [0.25, 0.3) is 0 Å². The molecule has 0 atom stereocenters. The van der Waals surface area contributed by atoms with Crippen LogP contribution >= 0.6 is 0 Å². The van der Waals surface area contributed by atoms with Crippen molar-refractivity contribution in [3.05, 3.63) is 58.9 Å². The summed E-state index contributed by atoms with van der Waals surface area (Å²) in [5, 5.41) is 0. The van der Waals surface area contributed by atoms with Gasteiger partial charge in [0.25, 0.3) is 5.91 Å². The fraction of sp³-hybridized carbons (Fsp3) is 0.188. The molecule has 20 heavy (non-hydrogen) atoms. The number of benzene rings is 2. The molecule has 0 radical (unpaired) electrons. The van der Waals surface area contributed by atoms with E-state index in [-0.39, 0.29) is 17.2 Å². The van der Waals surface area contributed by atoms with Crippen LogP contribution in [-0.4, -0.2) is 13.0 Å². The fourth-order valence-corrected chi connectivity index (χ4v) is 2.19. The van der Waals surface area contributed by atoms with Gasteiger partial charge in [0, 0.05) is 18.4 Å². The van der Waals surface area contributed by atoms with E-state index in [1.807, 2.05) is 32.0 Å². The van der Waals surface area contributed by atoms with Crippen molar-refractivity contribution >= 4 is 17.3 Å². The first kappa shape index (κ1) is 14.1. The zero-order valence-corrected chi connectivity index (χ0v) is 11.8. The maximum atomic E-state index is 13.3. The van der Waals surface area contributed by atoms with Crippen LogP contribution < -0.4 is 10.6 Å². The number of aryl methyl sites for hydroxylation is 2. The summed E-state index contributed by atoms with van der Waals surface area (Å²) in [6, 6.07) is 9.60. The Labute approximate surface area is 117 Å². The number of nitrogens with zero attached hydrogens (tertiary/aromatic N) is 1. The molecular weight excluding hydrogens is 255 g/mol. The van der Waals surface area contributed by atoms with Crippen molar-refractivity contribution in [2.75, 3.05) is 17.7 Å². The van der Waals surface area contributed by atoms with Crippen molar-refractivity contribution in [3.63, 3.8) is 0 Å². The maximum absolute atomic E-state index is 13.3. The van der Waals surface area contributed by atoms with Gasteiger partial charge < -0.3 is 10.6 Å². The molecule has 104 valence electrons. The second-order valence-electron chi connectivity index (χ2n) is 4.89. The number of halogens is 1. The third-order valence-corrected chi connectivity index (χ3v) is 3.26. The summed E-state index contributed by atoms with van der Waals surface area (Å²) >= 11 is 0. The van der Waals surface area contributed by atoms with Crippen molar-refractivity contribution < 1.29 is 9.18 Å². The van der Waals surface area contributed by atoms with Crippen LogP contribution in [0.1, 0.15) is 21.5 Å². The lowest BCUT2D eigenvalue weighted by Crippen LogP contribution is -2.27. The van der Waals surface area contributed by atoms with Gasteiger partial charge in [-0.1, -0.05) is 17.7 Å². The number of anilines is 2. The van der Waals surface area contributed by atoms with E-state index in [2.05, 4.69) is 0 Å². The fourth-order valence-electron chi connectivity index (χ4n) is 2.19. The first-order valence-corrected chi connectivity index (χ1v) is 6.30. The number of amides is 1. The minimum atomic E-state index is -0.475. The van der Waals surface area contributed by atoms with E-state index in [1.165, 1.54) is 17.0 Å². The molecule has 0 spiro atoms. The second-order valence-corrected chi connectivity index (χ2v) is 4.89. The van der Waals surface area contributed by atoms with Crippen LogP contribution in [0.2, 0.25) is 0 Å². The Morgan fingerprint density at radius 1 is 1.15 bits per heavy atom. The first-order valence-electron chi connectivity index (χ1n) is 6.30. The zero-order valence-electron chi connectivity index (χ0n) is 11.8. The van der Waals surface area contributed by atoms with Gasteiger partial charge in [-0.25, -0.2) is 4.39 Å². The van der Waals surface area contributed by atoms with E-state index in [1.54, 1.807) is 7.05 Å². The number of rotatable bonds is 2. The highest BCUT2D eigenvalue weighted by molar-refractivity contribution is 6.09. The third-order valence-electron chi connectivity index (χ3n) is 3.26. The second kappa shape index (κ2) is 5.33. The number of hydrogen-bond acceptors (Lipinski definition) is 2. The predicted molar refractivity (Wildman–Crippen MR) is 79.5 cm³/mol. The quantitative estimate of drug-likeness (QED) is 0.853. The van der Waals surface area contributed by atoms with E-state index < -0.39 is 5.82 Å². The molecule has 0 aliphatic rings. The minimum absolute atomic E-state index is 0.174. The SMILES string of the molecule is Cc1ccc(N(C)C(=O)c2cc(F)ccc2N)c(C)c1. The number of carbonyl (C=O) groups is 1. The third kappa shape index (κ3) is 2.64. The molecule has 0 saturated heterocycles. The first-order chi connectivity index (χ1) is 9.40. The Morgan fingerprint density at radius 2 is 1.85 bits per heavy atom. The van der Waals surface area contributed by atoms with Crippen LogP contribution in [0.4, 0.5) is 15.8 Å². The Hall–Kier alpha value is -2.36. The molecule has 4 heteroatoms. The van der Waals surface area contributed by atoms with Crippen molar-refractivity contribution in [1.29, 1.82) is 0 Å². The molecule has 3 nitrogen and oxygen atoms in total. The molecule has 0 aromatic heterocycles. The molecule has 1 amide bonds. The van der Waals surface area contributed by atoms with Crippen LogP contribution in [0.3, 0.4) is 0 Å². The highest BCUT2D eigenvalue weighted by atomic mass is 19.1. The van der Waals surface area contributed by atoms with Crippen LogP contribution in [0.15, 0.2) is 36.4 Å². The van der Waals surface area contributed by atoms with Gasteiger partial charge in [-0.15, -0.1) is 0 Å². The van der Waals surface area contributed by atoms with E-state index >= 15 is 0 Å². The molecule has 0 heterocycles. The average molecular weight is 272 g/mol. The predicted octanol–water partition coefficient (Wildman–Crippen LogP) is 3.30. The van der Waals surface area contributed by atoms with Gasteiger partial charge in [-0.3, -0.25) is 4.79 Å². The molecule has 0 unspecified atom stereocenters. The Balaban J connectivity index is 2.40. The Morgan fingerprint density at radius 3 is 2.50 bits per heavy atom. The van der Waals surface area contributed by atoms with Gasteiger partial charge in [0.2, 0.25) is 0 Å². The summed E-state index contributed by atoms with van der Waals surface area (Å²) in [6.07, 6.45) is 0. The number of carbonyl (C=O) groups excluding carboxylic acids is 1. The summed E-state index contributed by atoms with van der Waals surface area (Å²) in [5.41, 5.74) is 9.09. The maximum Gasteiger partial charge on any atom is 0.260 e. The molecular formula is C16H17FN2O. The smallest absolute Gasteiger partial charge is 0.260 e. The normalized spacial score (nSPS) is 10.4. The van der Waals surface area contributed by atoms with Gasteiger partial charge >= 0.3 is 0 Å². The van der Waals surface area contributed by atoms with Crippen molar-refractivity contribution in [1.82, 2.24) is 0 Å². The van der Waals surface area contributed by atoms with Crippen molar-refractivity contribution in [3.8, 4) is 0 Å². The van der Waals surface area contributed by atoms with Crippen molar-refractivity contribution in [2.24, 2.45) is 0 Å². The summed E-state index contributed by atoms with van der Waals surface area (Å²) in [6.45, 7) is 3.92. The van der Waals surface area contributed by atoms with Gasteiger partial charge in [0.1, 0.15) is 5.82 Å². The Bertz CT molecular complexity index is 668. The highest BCUT2D eigenvalue weighted by Gasteiger charge is 2.18. The standard InChI is InChI=1S/C16H17FN2O/c1-10-4-7-15(11(2)8-10)19(3)16(20)13-9-12(17)5-6-14(13)18/h4-9H,18H2,1-3H3. The summed E-state index contributed by atoms with van der Waals surface area (Å²) in [5.74, 6) is -0.800. The van der Waals surface area contributed by atoms with E-state index in [9.17, 15) is 9.18 Å². The molecule has 2 aromatic carbocycles. The largest absolute Gasteiger partial charge is 0.398 e. The van der Waals surface area contributed by atoms with E-state index in [4.69, 9.17) is 5.73 Å². The van der Waals surface area contributed by atoms with Gasteiger partial charge in [0.05, 0.1) is 5.56 Å². The number of hydrogen-bond donors (Lipinski definition) is 1. The van der Waals surface area contributed by atoms with Gasteiger partial charge in [-0.2, -0.15) is 0 Å². The topological polar surface area (TPSA) is 46.3 Å². The molecule has 0 saturated carbocycles. The molecule has 2 aromatic rings. The van der Waals surface area contributed by atoms with Crippen LogP contribution in [0, 0.1) is 19.7 Å². The molecule has 2 rings (SSSR count). The lowest BCUT2D eigenvalue weighted by molar-refractivity contribution is 0.0993. The number of nitrogen functional groups attached to an aromatic ring is 1. The average Bonchev–Trinajstić information content (AvgIpc) is 2.40. The molecule has 2 N–H and O–H groups in total. The summed E-state index contributed by atoms with van der Waals surface area (Å²) in [4.78, 5) is 13.9. The molecule has 0 fully saturated rings. The molecule has 0 bridgehead atoms. The Kier molecular flexibility index (Phi) is 3.74.